The first-order chi connectivity index (χ1) is 23.0. The Morgan fingerprint density at radius 3 is 2.12 bits per heavy atom. The maximum atomic E-state index is 14.7. The summed E-state index contributed by atoms with van der Waals surface area (Å²) in [5, 5.41) is 4.37. The van der Waals surface area contributed by atoms with Crippen molar-refractivity contribution in [2.45, 2.75) is 69.0 Å². The van der Waals surface area contributed by atoms with Crippen molar-refractivity contribution in [3.05, 3.63) is 129 Å². The standard InChI is InChI=1S/C37H38Cl3N3O4S/c1-26-12-20-33(21-13-26)48(46,47)43(32-18-16-29(38)17-19-32)25-36(44)42(24-28-14-15-30(39)23-34(28)40)35(22-27-8-4-2-5-9-27)37(45)41-31-10-6-3-7-11-31/h2,4-5,8-9,12-21,23,31,35H,3,6-7,10-11,22,24-25H2,1H3,(H,41,45). The number of benzene rings is 4. The Bertz CT molecular complexity index is 1820. The number of carbonyl (C=O) groups excluding carboxylic acids is 2. The van der Waals surface area contributed by atoms with Crippen LogP contribution in [0.5, 0.6) is 0 Å². The first-order valence-electron chi connectivity index (χ1n) is 15.9. The van der Waals surface area contributed by atoms with Crippen LogP contribution in [0.15, 0.2) is 102 Å². The Labute approximate surface area is 297 Å². The average Bonchev–Trinajstić information content (AvgIpc) is 3.07. The van der Waals surface area contributed by atoms with Crippen LogP contribution in [0, 0.1) is 6.92 Å². The van der Waals surface area contributed by atoms with Gasteiger partial charge in [0.1, 0.15) is 12.6 Å². The molecule has 0 saturated heterocycles. The molecule has 48 heavy (non-hydrogen) atoms. The van der Waals surface area contributed by atoms with Crippen molar-refractivity contribution >= 4 is 62.3 Å². The largest absolute Gasteiger partial charge is 0.352 e. The summed E-state index contributed by atoms with van der Waals surface area (Å²) in [6.07, 6.45) is 5.09. The number of amides is 2. The summed E-state index contributed by atoms with van der Waals surface area (Å²) >= 11 is 19.0. The van der Waals surface area contributed by atoms with Crippen LogP contribution in [0.1, 0.15) is 48.8 Å². The minimum Gasteiger partial charge on any atom is -0.352 e. The third-order valence-corrected chi connectivity index (χ3v) is 11.2. The van der Waals surface area contributed by atoms with Gasteiger partial charge in [0, 0.05) is 34.1 Å². The predicted molar refractivity (Wildman–Crippen MR) is 193 cm³/mol. The van der Waals surface area contributed by atoms with Crippen LogP contribution in [-0.2, 0) is 32.6 Å². The summed E-state index contributed by atoms with van der Waals surface area (Å²) in [5.74, 6) is -0.880. The van der Waals surface area contributed by atoms with E-state index in [0.29, 0.717) is 20.6 Å². The number of aryl methyl sites for hydroxylation is 1. The van der Waals surface area contributed by atoms with Gasteiger partial charge in [0.05, 0.1) is 10.6 Å². The second-order valence-electron chi connectivity index (χ2n) is 12.1. The quantitative estimate of drug-likeness (QED) is 0.159. The molecule has 1 saturated carbocycles. The van der Waals surface area contributed by atoms with Crippen LogP contribution in [-0.4, -0.2) is 43.8 Å². The van der Waals surface area contributed by atoms with E-state index in [4.69, 9.17) is 34.8 Å². The Balaban J connectivity index is 1.57. The van der Waals surface area contributed by atoms with Gasteiger partial charge in [-0.05, 0) is 79.4 Å². The van der Waals surface area contributed by atoms with Crippen molar-refractivity contribution < 1.29 is 18.0 Å². The van der Waals surface area contributed by atoms with E-state index in [1.54, 1.807) is 54.6 Å². The van der Waals surface area contributed by atoms with Crippen molar-refractivity contribution in [3.8, 4) is 0 Å². The molecule has 0 spiro atoms. The Morgan fingerprint density at radius 1 is 0.833 bits per heavy atom. The zero-order chi connectivity index (χ0) is 34.3. The van der Waals surface area contributed by atoms with Gasteiger partial charge in [-0.1, -0.05) is 108 Å². The number of anilines is 1. The molecule has 2 amide bonds. The van der Waals surface area contributed by atoms with Gasteiger partial charge in [0.15, 0.2) is 0 Å². The van der Waals surface area contributed by atoms with E-state index >= 15 is 0 Å². The summed E-state index contributed by atoms with van der Waals surface area (Å²) in [7, 11) is -4.23. The topological polar surface area (TPSA) is 86.8 Å². The Kier molecular flexibility index (Phi) is 12.1. The van der Waals surface area contributed by atoms with Crippen LogP contribution in [0.25, 0.3) is 0 Å². The third kappa shape index (κ3) is 9.11. The molecule has 1 aliphatic carbocycles. The lowest BCUT2D eigenvalue weighted by molar-refractivity contribution is -0.140. The monoisotopic (exact) mass is 725 g/mol. The summed E-state index contributed by atoms with van der Waals surface area (Å²) in [6, 6.07) is 26.1. The van der Waals surface area contributed by atoms with Crippen molar-refractivity contribution in [2.24, 2.45) is 0 Å². The van der Waals surface area contributed by atoms with E-state index in [-0.39, 0.29) is 35.5 Å². The molecule has 1 N–H and O–H groups in total. The first kappa shape index (κ1) is 35.7. The number of nitrogens with zero attached hydrogens (tertiary/aromatic N) is 2. The van der Waals surface area contributed by atoms with Crippen LogP contribution in [0.4, 0.5) is 5.69 Å². The number of hydrogen-bond donors (Lipinski definition) is 1. The summed E-state index contributed by atoms with van der Waals surface area (Å²) in [5.41, 5.74) is 2.56. The highest BCUT2D eigenvalue weighted by atomic mass is 35.5. The SMILES string of the molecule is Cc1ccc(S(=O)(=O)N(CC(=O)N(Cc2ccc(Cl)cc2Cl)C(Cc2ccccc2)C(=O)NC2CCCCC2)c2ccc(Cl)cc2)cc1. The number of carbonyl (C=O) groups is 2. The molecule has 0 radical (unpaired) electrons. The second kappa shape index (κ2) is 16.2. The molecule has 4 aromatic carbocycles. The summed E-state index contributed by atoms with van der Waals surface area (Å²) in [6.45, 7) is 1.23. The normalized spacial score (nSPS) is 14.2. The lowest BCUT2D eigenvalue weighted by Crippen LogP contribution is -2.55. The zero-order valence-electron chi connectivity index (χ0n) is 26.6. The minimum absolute atomic E-state index is 0.00641. The minimum atomic E-state index is -4.23. The van der Waals surface area contributed by atoms with Gasteiger partial charge in [0.25, 0.3) is 10.0 Å². The van der Waals surface area contributed by atoms with Crippen LogP contribution >= 0.6 is 34.8 Å². The van der Waals surface area contributed by atoms with Gasteiger partial charge < -0.3 is 10.2 Å². The molecule has 1 aliphatic rings. The lowest BCUT2D eigenvalue weighted by atomic mass is 9.94. The molecule has 0 heterocycles. The average molecular weight is 727 g/mol. The lowest BCUT2D eigenvalue weighted by Gasteiger charge is -2.35. The Hall–Kier alpha value is -3.56. The van der Waals surface area contributed by atoms with E-state index in [0.717, 1.165) is 47.5 Å². The van der Waals surface area contributed by atoms with Crippen molar-refractivity contribution in [1.82, 2.24) is 10.2 Å². The number of sulfonamides is 1. The molecule has 252 valence electrons. The molecular formula is C37H38Cl3N3O4S. The highest BCUT2D eigenvalue weighted by molar-refractivity contribution is 7.92. The molecule has 1 atom stereocenters. The van der Waals surface area contributed by atoms with Crippen LogP contribution < -0.4 is 9.62 Å². The van der Waals surface area contributed by atoms with Gasteiger partial charge in [-0.3, -0.25) is 13.9 Å². The van der Waals surface area contributed by atoms with Crippen LogP contribution in [0.2, 0.25) is 15.1 Å². The fourth-order valence-corrected chi connectivity index (χ4v) is 7.91. The summed E-state index contributed by atoms with van der Waals surface area (Å²) in [4.78, 5) is 30.4. The smallest absolute Gasteiger partial charge is 0.264 e. The second-order valence-corrected chi connectivity index (χ2v) is 15.2. The molecule has 4 aromatic rings. The van der Waals surface area contributed by atoms with Crippen molar-refractivity contribution in [3.63, 3.8) is 0 Å². The van der Waals surface area contributed by atoms with E-state index in [9.17, 15) is 18.0 Å². The third-order valence-electron chi connectivity index (χ3n) is 8.58. The number of hydrogen-bond acceptors (Lipinski definition) is 4. The molecule has 1 unspecified atom stereocenters. The van der Waals surface area contributed by atoms with Gasteiger partial charge >= 0.3 is 0 Å². The van der Waals surface area contributed by atoms with Crippen LogP contribution in [0.3, 0.4) is 0 Å². The van der Waals surface area contributed by atoms with E-state index < -0.39 is 28.5 Å². The molecule has 1 fully saturated rings. The molecule has 11 heteroatoms. The highest BCUT2D eigenvalue weighted by Crippen LogP contribution is 2.28. The fourth-order valence-electron chi connectivity index (χ4n) is 5.91. The van der Waals surface area contributed by atoms with Gasteiger partial charge in [0.2, 0.25) is 11.8 Å². The molecule has 0 aromatic heterocycles. The van der Waals surface area contributed by atoms with E-state index in [1.165, 1.54) is 17.0 Å². The first-order valence-corrected chi connectivity index (χ1v) is 18.5. The number of halogens is 3. The van der Waals surface area contributed by atoms with Crippen molar-refractivity contribution in [1.29, 1.82) is 0 Å². The Morgan fingerprint density at radius 2 is 1.48 bits per heavy atom. The molecule has 0 aliphatic heterocycles. The number of rotatable bonds is 12. The zero-order valence-corrected chi connectivity index (χ0v) is 29.7. The van der Waals surface area contributed by atoms with E-state index in [2.05, 4.69) is 5.32 Å². The van der Waals surface area contributed by atoms with Crippen molar-refractivity contribution in [2.75, 3.05) is 10.8 Å². The predicted octanol–water partition coefficient (Wildman–Crippen LogP) is 8.24. The number of nitrogens with one attached hydrogen (secondary N) is 1. The molecule has 0 bridgehead atoms. The highest BCUT2D eigenvalue weighted by Gasteiger charge is 2.35. The maximum Gasteiger partial charge on any atom is 0.264 e. The fraction of sp³-hybridized carbons (Fsp3) is 0.297. The van der Waals surface area contributed by atoms with E-state index in [1.807, 2.05) is 37.3 Å². The summed E-state index contributed by atoms with van der Waals surface area (Å²) < 4.78 is 29.5. The molecular weight excluding hydrogens is 689 g/mol. The maximum absolute atomic E-state index is 14.7. The van der Waals surface area contributed by atoms with Gasteiger partial charge in [-0.25, -0.2) is 8.42 Å². The molecule has 5 rings (SSSR count). The van der Waals surface area contributed by atoms with Gasteiger partial charge in [-0.15, -0.1) is 0 Å². The molecule has 7 nitrogen and oxygen atoms in total. The van der Waals surface area contributed by atoms with Gasteiger partial charge in [-0.2, -0.15) is 0 Å².